The first-order valence-corrected chi connectivity index (χ1v) is 14.5. The molecule has 2 amide bonds. The highest BCUT2D eigenvalue weighted by atomic mass is 79.9. The standard InChI is InChI=1S/C29H28BrN5O6S/c1-4-41-28(38)18-5-9-21(10-6-18)32-26(36)17-42-29-34-33-25(35(29)22-11-7-20(30)8-12-22)16-31-27(37)19-13-23(39-2)15-24(14-19)40-3/h5-15H,4,16-17H2,1-3H3,(H,31,37)(H,32,36). The number of halogens is 1. The Balaban J connectivity index is 1.47. The van der Waals surface area contributed by atoms with Crippen LogP contribution in [0.1, 0.15) is 33.5 Å². The third-order valence-corrected chi connectivity index (χ3v) is 7.28. The summed E-state index contributed by atoms with van der Waals surface area (Å²) in [5.74, 6) is 0.459. The number of aromatic nitrogens is 3. The van der Waals surface area contributed by atoms with Gasteiger partial charge in [0.05, 0.1) is 38.7 Å². The van der Waals surface area contributed by atoms with Crippen LogP contribution in [-0.2, 0) is 16.1 Å². The Morgan fingerprint density at radius 2 is 1.57 bits per heavy atom. The van der Waals surface area contributed by atoms with Gasteiger partial charge in [0.1, 0.15) is 11.5 Å². The van der Waals surface area contributed by atoms with Crippen LogP contribution in [-0.4, -0.2) is 59.1 Å². The van der Waals surface area contributed by atoms with Gasteiger partial charge in [-0.1, -0.05) is 27.7 Å². The second kappa shape index (κ2) is 14.5. The fourth-order valence-electron chi connectivity index (χ4n) is 3.79. The summed E-state index contributed by atoms with van der Waals surface area (Å²) in [6.45, 7) is 2.09. The Morgan fingerprint density at radius 3 is 2.19 bits per heavy atom. The number of amides is 2. The number of carbonyl (C=O) groups is 3. The molecule has 0 spiro atoms. The van der Waals surface area contributed by atoms with Gasteiger partial charge < -0.3 is 24.8 Å². The number of hydrogen-bond acceptors (Lipinski definition) is 9. The highest BCUT2D eigenvalue weighted by molar-refractivity contribution is 9.10. The van der Waals surface area contributed by atoms with Gasteiger partial charge in [-0.15, -0.1) is 10.2 Å². The van der Waals surface area contributed by atoms with E-state index < -0.39 is 5.97 Å². The maximum absolute atomic E-state index is 13.0. The first-order valence-electron chi connectivity index (χ1n) is 12.7. The van der Waals surface area contributed by atoms with E-state index in [2.05, 4.69) is 36.8 Å². The molecule has 0 unspecified atom stereocenters. The highest BCUT2D eigenvalue weighted by Crippen LogP contribution is 2.25. The van der Waals surface area contributed by atoms with Crippen LogP contribution in [0.5, 0.6) is 11.5 Å². The predicted molar refractivity (Wildman–Crippen MR) is 162 cm³/mol. The maximum atomic E-state index is 13.0. The van der Waals surface area contributed by atoms with Crippen LogP contribution in [0.15, 0.2) is 76.4 Å². The number of thioether (sulfide) groups is 1. The molecule has 2 N–H and O–H groups in total. The van der Waals surface area contributed by atoms with Crippen LogP contribution >= 0.6 is 27.7 Å². The summed E-state index contributed by atoms with van der Waals surface area (Å²) in [4.78, 5) is 37.5. The van der Waals surface area contributed by atoms with Gasteiger partial charge in [-0.2, -0.15) is 0 Å². The van der Waals surface area contributed by atoms with Crippen LogP contribution < -0.4 is 20.1 Å². The van der Waals surface area contributed by atoms with Gasteiger partial charge in [-0.05, 0) is 67.6 Å². The predicted octanol–water partition coefficient (Wildman–Crippen LogP) is 4.88. The maximum Gasteiger partial charge on any atom is 0.338 e. The molecular formula is C29H28BrN5O6S. The third kappa shape index (κ3) is 7.89. The Bertz CT molecular complexity index is 1540. The zero-order valence-electron chi connectivity index (χ0n) is 23.0. The quantitative estimate of drug-likeness (QED) is 0.162. The molecule has 11 nitrogen and oxygen atoms in total. The number of nitrogens with one attached hydrogen (secondary N) is 2. The van der Waals surface area contributed by atoms with Gasteiger partial charge in [0.2, 0.25) is 5.91 Å². The number of hydrogen-bond donors (Lipinski definition) is 2. The Hall–Kier alpha value is -4.36. The van der Waals surface area contributed by atoms with Crippen molar-refractivity contribution >= 4 is 51.2 Å². The molecule has 0 radical (unpaired) electrons. The summed E-state index contributed by atoms with van der Waals surface area (Å²) < 4.78 is 18.2. The van der Waals surface area contributed by atoms with Crippen molar-refractivity contribution in [1.82, 2.24) is 20.1 Å². The van der Waals surface area contributed by atoms with Crippen molar-refractivity contribution in [3.8, 4) is 17.2 Å². The molecule has 42 heavy (non-hydrogen) atoms. The largest absolute Gasteiger partial charge is 0.497 e. The first kappa shape index (κ1) is 30.6. The minimum Gasteiger partial charge on any atom is -0.497 e. The van der Waals surface area contributed by atoms with E-state index in [1.165, 1.54) is 26.0 Å². The number of carbonyl (C=O) groups excluding carboxylic acids is 3. The van der Waals surface area contributed by atoms with Gasteiger partial charge >= 0.3 is 5.97 Å². The Kier molecular flexibility index (Phi) is 10.6. The normalized spacial score (nSPS) is 10.6. The molecule has 4 rings (SSSR count). The summed E-state index contributed by atoms with van der Waals surface area (Å²) in [6.07, 6.45) is 0. The van der Waals surface area contributed by atoms with Crippen molar-refractivity contribution in [2.75, 3.05) is 31.9 Å². The number of anilines is 1. The average molecular weight is 655 g/mol. The van der Waals surface area contributed by atoms with Crippen molar-refractivity contribution < 1.29 is 28.6 Å². The number of esters is 1. The van der Waals surface area contributed by atoms with E-state index in [0.29, 0.717) is 39.3 Å². The van der Waals surface area contributed by atoms with Crippen molar-refractivity contribution in [1.29, 1.82) is 0 Å². The summed E-state index contributed by atoms with van der Waals surface area (Å²) in [5, 5.41) is 14.7. The van der Waals surface area contributed by atoms with Crippen LogP contribution in [0.4, 0.5) is 5.69 Å². The van der Waals surface area contributed by atoms with Crippen LogP contribution in [0.3, 0.4) is 0 Å². The number of ether oxygens (including phenoxy) is 3. The Labute approximate surface area is 255 Å². The van der Waals surface area contributed by atoms with E-state index in [4.69, 9.17) is 14.2 Å². The van der Waals surface area contributed by atoms with Gasteiger partial charge in [-0.25, -0.2) is 4.79 Å². The molecule has 218 valence electrons. The zero-order chi connectivity index (χ0) is 30.1. The topological polar surface area (TPSA) is 134 Å². The molecule has 1 aromatic heterocycles. The molecule has 4 aromatic rings. The molecule has 0 aliphatic heterocycles. The fourth-order valence-corrected chi connectivity index (χ4v) is 4.82. The van der Waals surface area contributed by atoms with Crippen LogP contribution in [0, 0.1) is 0 Å². The van der Waals surface area contributed by atoms with Crippen molar-refractivity contribution in [3.05, 3.63) is 88.2 Å². The monoisotopic (exact) mass is 653 g/mol. The second-order valence-corrected chi connectivity index (χ2v) is 10.5. The molecule has 0 saturated carbocycles. The minimum absolute atomic E-state index is 0.0459. The van der Waals surface area contributed by atoms with Gasteiger partial charge in [0, 0.05) is 27.5 Å². The lowest BCUT2D eigenvalue weighted by molar-refractivity contribution is -0.113. The van der Waals surface area contributed by atoms with Crippen LogP contribution in [0.2, 0.25) is 0 Å². The van der Waals surface area contributed by atoms with E-state index in [9.17, 15) is 14.4 Å². The minimum atomic E-state index is -0.423. The summed E-state index contributed by atoms with van der Waals surface area (Å²) in [6, 6.07) is 18.9. The molecule has 0 aliphatic carbocycles. The van der Waals surface area contributed by atoms with Crippen molar-refractivity contribution in [2.24, 2.45) is 0 Å². The summed E-state index contributed by atoms with van der Waals surface area (Å²) in [7, 11) is 3.02. The van der Waals surface area contributed by atoms with E-state index in [1.54, 1.807) is 54.0 Å². The number of benzene rings is 3. The SMILES string of the molecule is CCOC(=O)c1ccc(NC(=O)CSc2nnc(CNC(=O)c3cc(OC)cc(OC)c3)n2-c2ccc(Br)cc2)cc1. The zero-order valence-corrected chi connectivity index (χ0v) is 25.5. The lowest BCUT2D eigenvalue weighted by atomic mass is 10.2. The molecule has 0 bridgehead atoms. The summed E-state index contributed by atoms with van der Waals surface area (Å²) in [5.41, 5.74) is 2.06. The van der Waals surface area contributed by atoms with Gasteiger partial charge in [0.15, 0.2) is 11.0 Å². The molecule has 0 aliphatic rings. The lowest BCUT2D eigenvalue weighted by Gasteiger charge is -2.12. The third-order valence-electron chi connectivity index (χ3n) is 5.82. The smallest absolute Gasteiger partial charge is 0.338 e. The molecule has 13 heteroatoms. The van der Waals surface area contributed by atoms with Crippen molar-refractivity contribution in [2.45, 2.75) is 18.6 Å². The van der Waals surface area contributed by atoms with E-state index in [0.717, 1.165) is 10.2 Å². The second-order valence-electron chi connectivity index (χ2n) is 8.63. The lowest BCUT2D eigenvalue weighted by Crippen LogP contribution is -2.24. The number of methoxy groups -OCH3 is 2. The highest BCUT2D eigenvalue weighted by Gasteiger charge is 2.18. The molecule has 3 aromatic carbocycles. The van der Waals surface area contributed by atoms with Crippen LogP contribution in [0.25, 0.3) is 5.69 Å². The average Bonchev–Trinajstić information content (AvgIpc) is 3.42. The van der Waals surface area contributed by atoms with E-state index in [-0.39, 0.29) is 30.7 Å². The van der Waals surface area contributed by atoms with E-state index in [1.807, 2.05) is 24.3 Å². The number of rotatable bonds is 12. The molecule has 0 atom stereocenters. The fraction of sp³-hybridized carbons (Fsp3) is 0.207. The molecular weight excluding hydrogens is 626 g/mol. The molecule has 1 heterocycles. The molecule has 0 saturated heterocycles. The van der Waals surface area contributed by atoms with Crippen molar-refractivity contribution in [3.63, 3.8) is 0 Å². The first-order chi connectivity index (χ1) is 20.3. The number of nitrogens with zero attached hydrogens (tertiary/aromatic N) is 3. The Morgan fingerprint density at radius 1 is 0.905 bits per heavy atom. The van der Waals surface area contributed by atoms with E-state index >= 15 is 0 Å². The molecule has 0 fully saturated rings. The van der Waals surface area contributed by atoms with Gasteiger partial charge in [-0.3, -0.25) is 14.2 Å². The van der Waals surface area contributed by atoms with Gasteiger partial charge in [0.25, 0.3) is 5.91 Å². The summed E-state index contributed by atoms with van der Waals surface area (Å²) >= 11 is 4.64.